The highest BCUT2D eigenvalue weighted by molar-refractivity contribution is 7.81. The molecule has 3 aromatic carbocycles. The van der Waals surface area contributed by atoms with Gasteiger partial charge >= 0.3 is 5.97 Å². The molecule has 0 saturated carbocycles. The fourth-order valence-electron chi connectivity index (χ4n) is 5.07. The van der Waals surface area contributed by atoms with Crippen molar-refractivity contribution in [1.82, 2.24) is 4.57 Å². The van der Waals surface area contributed by atoms with E-state index in [2.05, 4.69) is 27.9 Å². The number of amides is 1. The lowest BCUT2D eigenvalue weighted by Gasteiger charge is -2.26. The van der Waals surface area contributed by atoms with Gasteiger partial charge in [-0.25, -0.2) is 9.10 Å². The summed E-state index contributed by atoms with van der Waals surface area (Å²) in [6, 6.07) is 24.6. The first-order valence-corrected chi connectivity index (χ1v) is 14.3. The molecule has 1 aliphatic rings. The van der Waals surface area contributed by atoms with Gasteiger partial charge in [-0.05, 0) is 48.7 Å². The molecule has 0 radical (unpaired) electrons. The van der Waals surface area contributed by atoms with Crippen LogP contribution in [0.15, 0.2) is 89.9 Å². The van der Waals surface area contributed by atoms with Gasteiger partial charge < -0.3 is 19.5 Å². The van der Waals surface area contributed by atoms with Crippen LogP contribution in [0.2, 0.25) is 0 Å². The summed E-state index contributed by atoms with van der Waals surface area (Å²) in [7, 11) is 0. The molecule has 0 spiro atoms. The molecule has 0 aliphatic carbocycles. The van der Waals surface area contributed by atoms with Crippen LogP contribution in [0.4, 0.5) is 11.5 Å². The molecule has 0 fully saturated rings. The molecule has 9 nitrogen and oxygen atoms in total. The summed E-state index contributed by atoms with van der Waals surface area (Å²) in [4.78, 5) is 29.1. The Bertz CT molecular complexity index is 1650. The van der Waals surface area contributed by atoms with Crippen LogP contribution in [0, 0.1) is 0 Å². The number of carbonyl (C=O) groups is 2. The van der Waals surface area contributed by atoms with E-state index in [1.807, 2.05) is 31.2 Å². The Hall–Kier alpha value is -4.54. The largest absolute Gasteiger partial charge is 0.755 e. The number of carboxylic acid groups (broad SMARTS) is 1. The normalized spacial score (nSPS) is 14.9. The second kappa shape index (κ2) is 11.9. The van der Waals surface area contributed by atoms with Crippen molar-refractivity contribution in [3.8, 4) is 11.1 Å². The van der Waals surface area contributed by atoms with Gasteiger partial charge in [0.25, 0.3) is 5.91 Å². The van der Waals surface area contributed by atoms with Crippen LogP contribution in [0.5, 0.6) is 0 Å². The summed E-state index contributed by atoms with van der Waals surface area (Å²) in [6.07, 6.45) is 1.76. The van der Waals surface area contributed by atoms with Crippen molar-refractivity contribution < 1.29 is 23.5 Å². The van der Waals surface area contributed by atoms with Gasteiger partial charge in [0.2, 0.25) is 5.84 Å². The number of para-hydroxylation sites is 1. The maximum Gasteiger partial charge on any atom is 0.371 e. The lowest BCUT2D eigenvalue weighted by atomic mass is 10.0. The summed E-state index contributed by atoms with van der Waals surface area (Å²) in [5.74, 6) is -1.09. The Balaban J connectivity index is 1.47. The number of amidine groups is 1. The Morgan fingerprint density at radius 1 is 1.05 bits per heavy atom. The van der Waals surface area contributed by atoms with E-state index in [1.54, 1.807) is 54.6 Å². The second-order valence-electron chi connectivity index (χ2n) is 9.76. The topological polar surface area (TPSA) is 127 Å². The Labute approximate surface area is 240 Å². The van der Waals surface area contributed by atoms with Crippen molar-refractivity contribution in [2.45, 2.75) is 39.3 Å². The molecule has 1 aliphatic heterocycles. The predicted molar refractivity (Wildman–Crippen MR) is 159 cm³/mol. The highest BCUT2D eigenvalue weighted by atomic mass is 32.2. The number of nitrogens with zero attached hydrogens (tertiary/aromatic N) is 3. The zero-order valence-electron chi connectivity index (χ0n) is 22.6. The Morgan fingerprint density at radius 3 is 2.39 bits per heavy atom. The lowest BCUT2D eigenvalue weighted by molar-refractivity contribution is -0.129. The molecule has 2 atom stereocenters. The summed E-state index contributed by atoms with van der Waals surface area (Å²) in [5.41, 5.74) is 4.87. The van der Waals surface area contributed by atoms with E-state index in [4.69, 9.17) is 0 Å². The van der Waals surface area contributed by atoms with Crippen LogP contribution in [-0.4, -0.2) is 36.1 Å². The molecule has 2 unspecified atom stereocenters. The minimum Gasteiger partial charge on any atom is -0.755 e. The number of benzene rings is 3. The number of carboxylic acids is 1. The third-order valence-corrected chi connectivity index (χ3v) is 7.67. The van der Waals surface area contributed by atoms with Gasteiger partial charge in [0.05, 0.1) is 23.0 Å². The fourth-order valence-corrected chi connectivity index (χ4v) is 5.63. The van der Waals surface area contributed by atoms with Crippen LogP contribution in [0.25, 0.3) is 11.1 Å². The van der Waals surface area contributed by atoms with Gasteiger partial charge in [0.15, 0.2) is 0 Å². The fraction of sp³-hybridized carbons (Fsp3) is 0.194. The van der Waals surface area contributed by atoms with E-state index in [9.17, 15) is 23.5 Å². The molecule has 10 heteroatoms. The van der Waals surface area contributed by atoms with E-state index in [0.717, 1.165) is 45.3 Å². The average Bonchev–Trinajstić information content (AvgIpc) is 3.31. The van der Waals surface area contributed by atoms with Crippen molar-refractivity contribution in [3.05, 3.63) is 107 Å². The molecule has 2 heterocycles. The van der Waals surface area contributed by atoms with Crippen molar-refractivity contribution in [2.24, 2.45) is 4.99 Å². The van der Waals surface area contributed by atoms with Gasteiger partial charge in [-0.2, -0.15) is 0 Å². The summed E-state index contributed by atoms with van der Waals surface area (Å²) >= 11 is -2.84. The molecule has 1 amide bonds. The monoisotopic (exact) mass is 569 g/mol. The third-order valence-electron chi connectivity index (χ3n) is 7.01. The molecule has 41 heavy (non-hydrogen) atoms. The van der Waals surface area contributed by atoms with Gasteiger partial charge in [-0.15, -0.1) is 0 Å². The van der Waals surface area contributed by atoms with Crippen LogP contribution >= 0.6 is 0 Å². The number of hydrogen-bond acceptors (Lipinski definition) is 6. The quantitative estimate of drug-likeness (QED) is 0.254. The number of fused-ring (bicyclic) bond motifs is 1. The minimum atomic E-state index is -2.84. The number of aliphatic imine (C=N–C) groups is 1. The molecule has 0 saturated heterocycles. The summed E-state index contributed by atoms with van der Waals surface area (Å²) < 4.78 is 27.4. The van der Waals surface area contributed by atoms with Crippen LogP contribution < -0.4 is 9.62 Å². The first kappa shape index (κ1) is 28.0. The SMILES string of the molecule is CCCc1cc2c(n1Cc1ccc(-c3ccccc3N(C(=O)c3ccccc3)S(=O)[O-])cc1)NC(C(=O)O)=NC2C. The first-order chi connectivity index (χ1) is 19.8. The van der Waals surface area contributed by atoms with Crippen molar-refractivity contribution in [3.63, 3.8) is 0 Å². The number of aryl methyl sites for hydroxylation is 1. The molecule has 5 rings (SSSR count). The molecule has 2 N–H and O–H groups in total. The Morgan fingerprint density at radius 2 is 1.73 bits per heavy atom. The Kier molecular flexibility index (Phi) is 8.14. The van der Waals surface area contributed by atoms with Gasteiger partial charge in [0.1, 0.15) is 5.82 Å². The van der Waals surface area contributed by atoms with E-state index < -0.39 is 23.1 Å². The zero-order chi connectivity index (χ0) is 29.1. The van der Waals surface area contributed by atoms with Crippen LogP contribution in [-0.2, 0) is 29.0 Å². The average molecular weight is 570 g/mol. The highest BCUT2D eigenvalue weighted by Crippen LogP contribution is 2.35. The van der Waals surface area contributed by atoms with E-state index in [-0.39, 0.29) is 23.1 Å². The molecular formula is C31H29N4O5S-. The van der Waals surface area contributed by atoms with Gasteiger partial charge in [0, 0.05) is 28.9 Å². The molecule has 0 bridgehead atoms. The maximum atomic E-state index is 13.2. The van der Waals surface area contributed by atoms with Gasteiger partial charge in [-0.3, -0.25) is 14.0 Å². The number of rotatable bonds is 9. The molecule has 1 aromatic heterocycles. The van der Waals surface area contributed by atoms with Crippen molar-refractivity contribution in [1.29, 1.82) is 0 Å². The smallest absolute Gasteiger partial charge is 0.371 e. The highest BCUT2D eigenvalue weighted by Gasteiger charge is 2.27. The van der Waals surface area contributed by atoms with Crippen molar-refractivity contribution in [2.75, 3.05) is 9.62 Å². The predicted octanol–water partition coefficient (Wildman–Crippen LogP) is 5.57. The minimum absolute atomic E-state index is 0.0790. The number of hydrogen-bond donors (Lipinski definition) is 2. The lowest BCUT2D eigenvalue weighted by Crippen LogP contribution is -2.33. The van der Waals surface area contributed by atoms with Crippen LogP contribution in [0.1, 0.15) is 53.5 Å². The van der Waals surface area contributed by atoms with E-state index in [1.165, 1.54) is 0 Å². The third kappa shape index (κ3) is 5.70. The van der Waals surface area contributed by atoms with Gasteiger partial charge in [-0.1, -0.05) is 74.0 Å². The number of nitrogens with one attached hydrogen (secondary N) is 1. The van der Waals surface area contributed by atoms with Crippen molar-refractivity contribution >= 4 is 40.5 Å². The van der Waals surface area contributed by atoms with E-state index in [0.29, 0.717) is 12.1 Å². The second-order valence-corrected chi connectivity index (χ2v) is 10.6. The molecule has 4 aromatic rings. The summed E-state index contributed by atoms with van der Waals surface area (Å²) in [6.45, 7) is 4.48. The number of carbonyl (C=O) groups excluding carboxylic acids is 1. The number of anilines is 2. The number of aliphatic carboxylic acids is 1. The number of aromatic nitrogens is 1. The summed E-state index contributed by atoms with van der Waals surface area (Å²) in [5, 5.41) is 12.5. The standard InChI is InChI=1S/C31H30N4O5S/c1-3-9-24-18-26-20(2)32-28(31(37)38)33-29(26)34(24)19-21-14-16-22(17-15-21)25-12-7-8-13-27(25)35(41(39)40)30(36)23-10-5-4-6-11-23/h4-8,10-18,20H,3,9,19H2,1-2H3,(H,32,33)(H,37,38)(H,39,40)/p-1. The van der Waals surface area contributed by atoms with Crippen LogP contribution in [0.3, 0.4) is 0 Å². The zero-order valence-corrected chi connectivity index (χ0v) is 23.4. The van der Waals surface area contributed by atoms with E-state index >= 15 is 0 Å². The molecule has 210 valence electrons. The maximum absolute atomic E-state index is 13.2. The first-order valence-electron chi connectivity index (χ1n) is 13.3. The molecular weight excluding hydrogens is 540 g/mol.